The molecule has 3 atom stereocenters. The third-order valence-corrected chi connectivity index (χ3v) is 11.4. The first-order chi connectivity index (χ1) is 13.6. The Kier molecular flexibility index (Phi) is 9.44. The Hall–Kier alpha value is -1.06. The van der Waals surface area contributed by atoms with Gasteiger partial charge >= 0.3 is 12.1 Å². The normalized spacial score (nSPS) is 21.7. The SMILES string of the molecule is COC(=O)[C@H](CSC1CC(=O)CC[C@@H]1O[Si](C)(C)C(C)(C)C)NC(=O)OC(C)(C)C. The van der Waals surface area contributed by atoms with Gasteiger partial charge in [0.25, 0.3) is 0 Å². The molecule has 1 saturated carbocycles. The van der Waals surface area contributed by atoms with E-state index in [2.05, 4.69) is 39.2 Å². The lowest BCUT2D eigenvalue weighted by Crippen LogP contribution is -2.49. The van der Waals surface area contributed by atoms with Crippen molar-refractivity contribution in [2.45, 2.75) is 102 Å². The molecule has 0 radical (unpaired) electrons. The molecule has 0 aromatic heterocycles. The van der Waals surface area contributed by atoms with Gasteiger partial charge in [-0.15, -0.1) is 0 Å². The minimum atomic E-state index is -2.00. The summed E-state index contributed by atoms with van der Waals surface area (Å²) in [5, 5.41) is 2.59. The summed E-state index contributed by atoms with van der Waals surface area (Å²) >= 11 is 1.48. The Labute approximate surface area is 186 Å². The van der Waals surface area contributed by atoms with Crippen LogP contribution in [0.4, 0.5) is 4.79 Å². The van der Waals surface area contributed by atoms with Gasteiger partial charge in [-0.3, -0.25) is 4.79 Å². The zero-order valence-corrected chi connectivity index (χ0v) is 21.7. The summed E-state index contributed by atoms with van der Waals surface area (Å²) < 4.78 is 16.7. The van der Waals surface area contributed by atoms with Gasteiger partial charge in [-0.1, -0.05) is 20.8 Å². The summed E-state index contributed by atoms with van der Waals surface area (Å²) in [5.41, 5.74) is -0.671. The zero-order chi connectivity index (χ0) is 23.3. The average molecular weight is 462 g/mol. The van der Waals surface area contributed by atoms with Crippen LogP contribution >= 0.6 is 11.8 Å². The molecule has 1 amide bonds. The molecule has 0 saturated heterocycles. The third kappa shape index (κ3) is 8.59. The highest BCUT2D eigenvalue weighted by molar-refractivity contribution is 8.00. The van der Waals surface area contributed by atoms with Gasteiger partial charge in [-0.05, 0) is 45.3 Å². The van der Waals surface area contributed by atoms with Crippen molar-refractivity contribution < 1.29 is 28.3 Å². The lowest BCUT2D eigenvalue weighted by Gasteiger charge is -2.42. The molecule has 0 aliphatic heterocycles. The number of alkyl carbamates (subject to hydrolysis) is 1. The second-order valence-electron chi connectivity index (χ2n) is 10.3. The van der Waals surface area contributed by atoms with Crippen molar-refractivity contribution in [3.05, 3.63) is 0 Å². The summed E-state index contributed by atoms with van der Waals surface area (Å²) in [6.07, 6.45) is 0.892. The quantitative estimate of drug-likeness (QED) is 0.446. The summed E-state index contributed by atoms with van der Waals surface area (Å²) in [6.45, 7) is 16.2. The Morgan fingerprint density at radius 2 is 1.80 bits per heavy atom. The molecule has 7 nitrogen and oxygen atoms in total. The smallest absolute Gasteiger partial charge is 0.408 e. The van der Waals surface area contributed by atoms with Gasteiger partial charge in [0, 0.05) is 23.8 Å². The molecule has 1 unspecified atom stereocenters. The molecule has 0 heterocycles. The molecule has 1 aliphatic carbocycles. The van der Waals surface area contributed by atoms with E-state index in [1.807, 2.05) is 0 Å². The molecule has 0 aromatic rings. The maximum atomic E-state index is 12.2. The number of hydrogen-bond donors (Lipinski definition) is 1. The Morgan fingerprint density at radius 3 is 2.30 bits per heavy atom. The maximum absolute atomic E-state index is 12.2. The van der Waals surface area contributed by atoms with E-state index in [-0.39, 0.29) is 27.9 Å². The van der Waals surface area contributed by atoms with Crippen LogP contribution in [-0.2, 0) is 23.5 Å². The number of nitrogens with one attached hydrogen (secondary N) is 1. The van der Waals surface area contributed by atoms with E-state index in [0.717, 1.165) is 0 Å². The highest BCUT2D eigenvalue weighted by atomic mass is 32.2. The number of hydrogen-bond acceptors (Lipinski definition) is 7. The van der Waals surface area contributed by atoms with E-state index in [9.17, 15) is 14.4 Å². The molecule has 0 bridgehead atoms. The number of Topliss-reactive ketones (excluding diaryl/α,β-unsaturated/α-hetero) is 1. The highest BCUT2D eigenvalue weighted by Gasteiger charge is 2.42. The molecule has 0 aromatic carbocycles. The van der Waals surface area contributed by atoms with Crippen molar-refractivity contribution in [2.75, 3.05) is 12.9 Å². The maximum Gasteiger partial charge on any atom is 0.408 e. The average Bonchev–Trinajstić information content (AvgIpc) is 2.57. The summed E-state index contributed by atoms with van der Waals surface area (Å²) in [4.78, 5) is 36.4. The predicted octanol–water partition coefficient (Wildman–Crippen LogP) is 4.30. The fourth-order valence-electron chi connectivity index (χ4n) is 2.78. The van der Waals surface area contributed by atoms with Gasteiger partial charge in [-0.2, -0.15) is 11.8 Å². The Bertz CT molecular complexity index is 626. The van der Waals surface area contributed by atoms with Crippen molar-refractivity contribution in [3.63, 3.8) is 0 Å². The van der Waals surface area contributed by atoms with Gasteiger partial charge in [-0.25, -0.2) is 9.59 Å². The first-order valence-electron chi connectivity index (χ1n) is 10.4. The zero-order valence-electron chi connectivity index (χ0n) is 19.9. The molecule has 174 valence electrons. The first kappa shape index (κ1) is 27.0. The minimum absolute atomic E-state index is 0.0478. The van der Waals surface area contributed by atoms with E-state index >= 15 is 0 Å². The fraction of sp³-hybridized carbons (Fsp3) is 0.857. The van der Waals surface area contributed by atoms with Crippen LogP contribution in [0.1, 0.15) is 60.8 Å². The van der Waals surface area contributed by atoms with Crippen LogP contribution in [0.5, 0.6) is 0 Å². The largest absolute Gasteiger partial charge is 0.467 e. The molecule has 9 heteroatoms. The Balaban J connectivity index is 2.85. The number of ether oxygens (including phenoxy) is 2. The van der Waals surface area contributed by atoms with E-state index in [0.29, 0.717) is 19.3 Å². The molecule has 1 rings (SSSR count). The van der Waals surface area contributed by atoms with Crippen molar-refractivity contribution in [1.29, 1.82) is 0 Å². The van der Waals surface area contributed by atoms with Crippen LogP contribution in [0.15, 0.2) is 0 Å². The number of esters is 1. The second kappa shape index (κ2) is 10.5. The number of ketones is 1. The molecule has 1 aliphatic rings. The van der Waals surface area contributed by atoms with Gasteiger partial charge < -0.3 is 19.2 Å². The van der Waals surface area contributed by atoms with E-state index in [1.54, 1.807) is 20.8 Å². The lowest BCUT2D eigenvalue weighted by atomic mass is 9.96. The second-order valence-corrected chi connectivity index (χ2v) is 16.3. The van der Waals surface area contributed by atoms with E-state index in [1.165, 1.54) is 18.9 Å². The lowest BCUT2D eigenvalue weighted by molar-refractivity contribution is -0.142. The number of thioether (sulfide) groups is 1. The number of carbonyl (C=O) groups is 3. The molecule has 1 fully saturated rings. The first-order valence-corrected chi connectivity index (χ1v) is 14.4. The number of methoxy groups -OCH3 is 1. The van der Waals surface area contributed by atoms with Crippen molar-refractivity contribution in [1.82, 2.24) is 5.32 Å². The fourth-order valence-corrected chi connectivity index (χ4v) is 5.64. The third-order valence-electron chi connectivity index (χ3n) is 5.46. The highest BCUT2D eigenvalue weighted by Crippen LogP contribution is 2.40. The van der Waals surface area contributed by atoms with Crippen LogP contribution in [0, 0.1) is 0 Å². The van der Waals surface area contributed by atoms with Gasteiger partial charge in [0.2, 0.25) is 0 Å². The summed E-state index contributed by atoms with van der Waals surface area (Å²) in [5.74, 6) is -0.0593. The van der Waals surface area contributed by atoms with E-state index < -0.39 is 32.0 Å². The van der Waals surface area contributed by atoms with Gasteiger partial charge in [0.05, 0.1) is 13.2 Å². The van der Waals surface area contributed by atoms with Crippen LogP contribution in [0.2, 0.25) is 18.1 Å². The van der Waals surface area contributed by atoms with Crippen molar-refractivity contribution >= 4 is 37.9 Å². The van der Waals surface area contributed by atoms with Crippen molar-refractivity contribution in [2.24, 2.45) is 0 Å². The molecular weight excluding hydrogens is 422 g/mol. The number of amides is 1. The topological polar surface area (TPSA) is 90.9 Å². The summed E-state index contributed by atoms with van der Waals surface area (Å²) in [7, 11) is -0.718. The predicted molar refractivity (Wildman–Crippen MR) is 122 cm³/mol. The number of rotatable bonds is 7. The summed E-state index contributed by atoms with van der Waals surface area (Å²) in [6, 6.07) is -0.861. The van der Waals surface area contributed by atoms with E-state index in [4.69, 9.17) is 13.9 Å². The molecule has 0 spiro atoms. The standard InChI is InChI=1S/C21H39NO6SSi/c1-20(2,3)27-19(25)22-15(18(24)26-7)13-29-17-12-14(23)10-11-16(17)28-30(8,9)21(4,5)6/h15-17H,10-13H2,1-9H3,(H,22,25)/t15-,16-,17?/m0/s1. The molecule has 1 N–H and O–H groups in total. The Morgan fingerprint density at radius 1 is 1.20 bits per heavy atom. The monoisotopic (exact) mass is 461 g/mol. The van der Waals surface area contributed by atoms with Gasteiger partial charge in [0.15, 0.2) is 8.32 Å². The van der Waals surface area contributed by atoms with Crippen LogP contribution in [-0.4, -0.2) is 62.0 Å². The van der Waals surface area contributed by atoms with Crippen LogP contribution < -0.4 is 5.32 Å². The van der Waals surface area contributed by atoms with Crippen LogP contribution in [0.3, 0.4) is 0 Å². The van der Waals surface area contributed by atoms with Crippen LogP contribution in [0.25, 0.3) is 0 Å². The molecular formula is C21H39NO6SSi. The number of carbonyl (C=O) groups excluding carboxylic acids is 3. The molecule has 30 heavy (non-hydrogen) atoms. The minimum Gasteiger partial charge on any atom is -0.467 e. The van der Waals surface area contributed by atoms with Gasteiger partial charge in [0.1, 0.15) is 17.4 Å². The van der Waals surface area contributed by atoms with Crippen molar-refractivity contribution in [3.8, 4) is 0 Å².